The van der Waals surface area contributed by atoms with Crippen molar-refractivity contribution in [1.29, 1.82) is 0 Å². The predicted molar refractivity (Wildman–Crippen MR) is 119 cm³/mol. The van der Waals surface area contributed by atoms with Crippen molar-refractivity contribution in [2.24, 2.45) is 4.99 Å². The van der Waals surface area contributed by atoms with Crippen LogP contribution in [0.1, 0.15) is 45.6 Å². The number of rotatable bonds is 5. The summed E-state index contributed by atoms with van der Waals surface area (Å²) in [5, 5.41) is 3.28. The van der Waals surface area contributed by atoms with Gasteiger partial charge in [0, 0.05) is 25.6 Å². The summed E-state index contributed by atoms with van der Waals surface area (Å²) in [6, 6.07) is 8.25. The molecule has 1 heterocycles. The molecule has 0 saturated carbocycles. The number of guanidine groups is 1. The Morgan fingerprint density at radius 2 is 1.96 bits per heavy atom. The van der Waals surface area contributed by atoms with E-state index in [1.54, 1.807) is 7.11 Å². The van der Waals surface area contributed by atoms with Crippen LogP contribution in [0.3, 0.4) is 0 Å². The number of esters is 1. The first-order valence-electron chi connectivity index (χ1n) is 9.21. The van der Waals surface area contributed by atoms with Gasteiger partial charge in [-0.25, -0.2) is 4.99 Å². The molecule has 7 heteroatoms. The summed E-state index contributed by atoms with van der Waals surface area (Å²) in [5.74, 6) is 1.79. The maximum Gasteiger partial charge on any atom is 0.328 e. The second-order valence-electron chi connectivity index (χ2n) is 7.46. The SMILES string of the molecule is CCNC(=NCC(=O)OC(C)(C)C)N1CCC(c2ccc(OC)cc2)C1.I. The van der Waals surface area contributed by atoms with Crippen LogP contribution in [0.4, 0.5) is 0 Å². The highest BCUT2D eigenvalue weighted by Gasteiger charge is 2.26. The van der Waals surface area contributed by atoms with Crippen LogP contribution in [0.15, 0.2) is 29.3 Å². The highest BCUT2D eigenvalue weighted by Crippen LogP contribution is 2.28. The average molecular weight is 489 g/mol. The molecular formula is C20H32IN3O3. The fraction of sp³-hybridized carbons (Fsp3) is 0.600. The molecular weight excluding hydrogens is 457 g/mol. The Hall–Kier alpha value is -1.51. The van der Waals surface area contributed by atoms with Crippen molar-refractivity contribution in [3.63, 3.8) is 0 Å². The van der Waals surface area contributed by atoms with Gasteiger partial charge in [0.2, 0.25) is 0 Å². The zero-order valence-corrected chi connectivity index (χ0v) is 19.3. The quantitative estimate of drug-likeness (QED) is 0.297. The van der Waals surface area contributed by atoms with E-state index in [0.717, 1.165) is 37.8 Å². The van der Waals surface area contributed by atoms with E-state index >= 15 is 0 Å². The normalized spacial score (nSPS) is 17.3. The zero-order valence-electron chi connectivity index (χ0n) is 16.9. The van der Waals surface area contributed by atoms with Gasteiger partial charge < -0.3 is 19.7 Å². The lowest BCUT2D eigenvalue weighted by atomic mass is 9.98. The Morgan fingerprint density at radius 3 is 2.52 bits per heavy atom. The fourth-order valence-electron chi connectivity index (χ4n) is 3.04. The van der Waals surface area contributed by atoms with Crippen LogP contribution in [0.2, 0.25) is 0 Å². The van der Waals surface area contributed by atoms with Gasteiger partial charge in [-0.3, -0.25) is 4.79 Å². The molecule has 1 aromatic carbocycles. The number of hydrogen-bond acceptors (Lipinski definition) is 4. The predicted octanol–water partition coefficient (Wildman–Crippen LogP) is 3.41. The van der Waals surface area contributed by atoms with Gasteiger partial charge in [-0.2, -0.15) is 0 Å². The molecule has 0 aliphatic carbocycles. The number of nitrogens with one attached hydrogen (secondary N) is 1. The number of methoxy groups -OCH3 is 1. The van der Waals surface area contributed by atoms with Gasteiger partial charge in [-0.05, 0) is 51.8 Å². The maximum atomic E-state index is 11.9. The molecule has 1 aliphatic rings. The molecule has 1 atom stereocenters. The Labute approximate surface area is 179 Å². The summed E-state index contributed by atoms with van der Waals surface area (Å²) >= 11 is 0. The first-order valence-corrected chi connectivity index (χ1v) is 9.21. The lowest BCUT2D eigenvalue weighted by Crippen LogP contribution is -2.40. The Morgan fingerprint density at radius 1 is 1.30 bits per heavy atom. The molecule has 1 saturated heterocycles. The average Bonchev–Trinajstić information content (AvgIpc) is 3.07. The van der Waals surface area contributed by atoms with Crippen molar-refractivity contribution in [1.82, 2.24) is 10.2 Å². The molecule has 27 heavy (non-hydrogen) atoms. The van der Waals surface area contributed by atoms with E-state index in [9.17, 15) is 4.79 Å². The molecule has 1 unspecified atom stereocenters. The molecule has 1 N–H and O–H groups in total. The van der Waals surface area contributed by atoms with E-state index in [0.29, 0.717) is 5.92 Å². The largest absolute Gasteiger partial charge is 0.497 e. The van der Waals surface area contributed by atoms with Gasteiger partial charge in [-0.1, -0.05) is 12.1 Å². The van der Waals surface area contributed by atoms with Crippen molar-refractivity contribution in [2.45, 2.75) is 45.6 Å². The number of likely N-dealkylation sites (tertiary alicyclic amines) is 1. The summed E-state index contributed by atoms with van der Waals surface area (Å²) in [4.78, 5) is 18.6. The molecule has 0 aromatic heterocycles. The van der Waals surface area contributed by atoms with Gasteiger partial charge in [0.15, 0.2) is 5.96 Å². The third kappa shape index (κ3) is 7.56. The Balaban J connectivity index is 0.00000364. The Bertz CT molecular complexity index is 626. The van der Waals surface area contributed by atoms with E-state index in [4.69, 9.17) is 9.47 Å². The summed E-state index contributed by atoms with van der Waals surface area (Å²) in [5.41, 5.74) is 0.814. The third-order valence-corrected chi connectivity index (χ3v) is 4.19. The topological polar surface area (TPSA) is 63.2 Å². The van der Waals surface area contributed by atoms with Crippen molar-refractivity contribution in [3.8, 4) is 5.75 Å². The number of carbonyl (C=O) groups is 1. The highest BCUT2D eigenvalue weighted by atomic mass is 127. The van der Waals surface area contributed by atoms with Crippen molar-refractivity contribution < 1.29 is 14.3 Å². The third-order valence-electron chi connectivity index (χ3n) is 4.19. The minimum absolute atomic E-state index is 0. The van der Waals surface area contributed by atoms with Crippen LogP contribution in [0, 0.1) is 0 Å². The molecule has 1 fully saturated rings. The van der Waals surface area contributed by atoms with Crippen LogP contribution in [-0.4, -0.2) is 55.7 Å². The molecule has 2 rings (SSSR count). The molecule has 0 bridgehead atoms. The number of hydrogen-bond donors (Lipinski definition) is 1. The molecule has 1 aliphatic heterocycles. The molecule has 152 valence electrons. The number of carbonyl (C=O) groups excluding carboxylic acids is 1. The number of benzene rings is 1. The van der Waals surface area contributed by atoms with Gasteiger partial charge in [-0.15, -0.1) is 24.0 Å². The van der Waals surface area contributed by atoms with Crippen molar-refractivity contribution in [2.75, 3.05) is 33.3 Å². The second kappa shape index (κ2) is 10.7. The minimum atomic E-state index is -0.488. The van der Waals surface area contributed by atoms with Crippen LogP contribution in [0.5, 0.6) is 5.75 Å². The standard InChI is InChI=1S/C20H31N3O3.HI/c1-6-21-19(22-13-18(24)26-20(2,3)4)23-12-11-16(14-23)15-7-9-17(25-5)10-8-15;/h7-10,16H,6,11-14H2,1-5H3,(H,21,22);1H. The van der Waals surface area contributed by atoms with E-state index in [1.807, 2.05) is 39.8 Å². The molecule has 0 radical (unpaired) electrons. The van der Waals surface area contributed by atoms with Crippen LogP contribution >= 0.6 is 24.0 Å². The summed E-state index contributed by atoms with van der Waals surface area (Å²) in [7, 11) is 1.68. The molecule has 0 spiro atoms. The summed E-state index contributed by atoms with van der Waals surface area (Å²) in [6.07, 6.45) is 1.06. The lowest BCUT2D eigenvalue weighted by molar-refractivity contribution is -0.152. The van der Waals surface area contributed by atoms with Crippen LogP contribution in [0.25, 0.3) is 0 Å². The Kier molecular flexibility index (Phi) is 9.35. The number of halogens is 1. The minimum Gasteiger partial charge on any atom is -0.497 e. The molecule has 6 nitrogen and oxygen atoms in total. The van der Waals surface area contributed by atoms with Gasteiger partial charge in [0.05, 0.1) is 7.11 Å². The number of aliphatic imine (C=N–C) groups is 1. The zero-order chi connectivity index (χ0) is 19.2. The first kappa shape index (κ1) is 23.5. The van der Waals surface area contributed by atoms with Gasteiger partial charge in [0.25, 0.3) is 0 Å². The fourth-order valence-corrected chi connectivity index (χ4v) is 3.04. The van der Waals surface area contributed by atoms with E-state index < -0.39 is 5.60 Å². The first-order chi connectivity index (χ1) is 12.3. The van der Waals surface area contributed by atoms with Crippen molar-refractivity contribution >= 4 is 35.9 Å². The van der Waals surface area contributed by atoms with Crippen LogP contribution < -0.4 is 10.1 Å². The number of ether oxygens (including phenoxy) is 2. The lowest BCUT2D eigenvalue weighted by Gasteiger charge is -2.22. The van der Waals surface area contributed by atoms with Crippen LogP contribution in [-0.2, 0) is 9.53 Å². The maximum absolute atomic E-state index is 11.9. The van der Waals surface area contributed by atoms with E-state index in [-0.39, 0.29) is 36.5 Å². The highest BCUT2D eigenvalue weighted by molar-refractivity contribution is 14.0. The molecule has 0 amide bonds. The van der Waals surface area contributed by atoms with Gasteiger partial charge in [0.1, 0.15) is 17.9 Å². The summed E-state index contributed by atoms with van der Waals surface area (Å²) in [6.45, 7) is 10.2. The second-order valence-corrected chi connectivity index (χ2v) is 7.46. The number of nitrogens with zero attached hydrogens (tertiary/aromatic N) is 2. The summed E-state index contributed by atoms with van der Waals surface area (Å²) < 4.78 is 10.6. The monoisotopic (exact) mass is 489 g/mol. The smallest absolute Gasteiger partial charge is 0.328 e. The van der Waals surface area contributed by atoms with E-state index in [2.05, 4.69) is 27.3 Å². The van der Waals surface area contributed by atoms with Crippen molar-refractivity contribution in [3.05, 3.63) is 29.8 Å². The molecule has 1 aromatic rings. The van der Waals surface area contributed by atoms with E-state index in [1.165, 1.54) is 5.56 Å². The van der Waals surface area contributed by atoms with Gasteiger partial charge >= 0.3 is 5.97 Å².